The van der Waals surface area contributed by atoms with Crippen molar-refractivity contribution < 1.29 is 9.13 Å². The first-order valence-electron chi connectivity index (χ1n) is 6.14. The molecular formula is C12H16ClFN2O3. The fourth-order valence-corrected chi connectivity index (χ4v) is 2.84. The van der Waals surface area contributed by atoms with Crippen LogP contribution in [-0.2, 0) is 4.74 Å². The molecule has 0 unspecified atom stereocenters. The standard InChI is InChI=1S/C12H16ClFN2O3/c1-3-12(6-14)7(2)9(13)10(19-12)16-5-4-8(17)15-11(16)18/h4-5,7,9-10H,3,6H2,1-2H3,(H,15,17,18)/t7-,9-,10+,12-/m0/s1. The van der Waals surface area contributed by atoms with Crippen LogP contribution < -0.4 is 11.2 Å². The number of ether oxygens (including phenoxy) is 1. The van der Waals surface area contributed by atoms with Crippen LogP contribution in [0, 0.1) is 5.92 Å². The van der Waals surface area contributed by atoms with E-state index in [0.717, 1.165) is 0 Å². The first-order valence-corrected chi connectivity index (χ1v) is 6.58. The SMILES string of the molecule is CC[C@@]1(CF)O[C@@H](n2ccc(=O)[nH]c2=O)[C@@H](Cl)[C@@H]1C. The van der Waals surface area contributed by atoms with Gasteiger partial charge in [-0.3, -0.25) is 14.3 Å². The molecule has 4 atom stereocenters. The van der Waals surface area contributed by atoms with Crippen molar-refractivity contribution in [3.05, 3.63) is 33.1 Å². The topological polar surface area (TPSA) is 64.1 Å². The van der Waals surface area contributed by atoms with Gasteiger partial charge in [-0.2, -0.15) is 0 Å². The molecule has 0 spiro atoms. The molecule has 1 aliphatic rings. The lowest BCUT2D eigenvalue weighted by Crippen LogP contribution is -2.37. The van der Waals surface area contributed by atoms with E-state index in [1.807, 2.05) is 6.92 Å². The summed E-state index contributed by atoms with van der Waals surface area (Å²) in [5, 5.41) is -0.542. The number of nitrogens with zero attached hydrogens (tertiary/aromatic N) is 1. The Labute approximate surface area is 114 Å². The van der Waals surface area contributed by atoms with Gasteiger partial charge < -0.3 is 4.74 Å². The molecule has 7 heteroatoms. The van der Waals surface area contributed by atoms with E-state index in [9.17, 15) is 14.0 Å². The summed E-state index contributed by atoms with van der Waals surface area (Å²) in [5.74, 6) is -0.243. The van der Waals surface area contributed by atoms with Gasteiger partial charge >= 0.3 is 5.69 Å². The zero-order valence-corrected chi connectivity index (χ0v) is 11.5. The largest absolute Gasteiger partial charge is 0.347 e. The number of H-pyrrole nitrogens is 1. The smallest absolute Gasteiger partial charge is 0.330 e. The van der Waals surface area contributed by atoms with Crippen LogP contribution in [-0.4, -0.2) is 27.2 Å². The van der Waals surface area contributed by atoms with Crippen molar-refractivity contribution in [2.75, 3.05) is 6.67 Å². The Hall–Kier alpha value is -1.14. The molecule has 0 saturated carbocycles. The van der Waals surface area contributed by atoms with E-state index in [1.165, 1.54) is 16.8 Å². The predicted octanol–water partition coefficient (Wildman–Crippen LogP) is 1.43. The van der Waals surface area contributed by atoms with Crippen molar-refractivity contribution in [2.24, 2.45) is 5.92 Å². The molecule has 106 valence electrons. The van der Waals surface area contributed by atoms with E-state index < -0.39 is 35.1 Å². The molecule has 0 aromatic carbocycles. The quantitative estimate of drug-likeness (QED) is 0.857. The fourth-order valence-electron chi connectivity index (χ4n) is 2.44. The molecule has 0 bridgehead atoms. The Morgan fingerprint density at radius 2 is 2.26 bits per heavy atom. The maximum atomic E-state index is 13.3. The summed E-state index contributed by atoms with van der Waals surface area (Å²) in [6, 6.07) is 1.21. The molecule has 0 amide bonds. The lowest BCUT2D eigenvalue weighted by atomic mass is 9.87. The third-order valence-corrected chi connectivity index (χ3v) is 4.48. The van der Waals surface area contributed by atoms with Crippen molar-refractivity contribution in [3.63, 3.8) is 0 Å². The van der Waals surface area contributed by atoms with E-state index in [0.29, 0.717) is 6.42 Å². The van der Waals surface area contributed by atoms with E-state index in [1.54, 1.807) is 6.92 Å². The van der Waals surface area contributed by atoms with Gasteiger partial charge in [0.2, 0.25) is 0 Å². The lowest BCUT2D eigenvalue weighted by Gasteiger charge is -2.28. The van der Waals surface area contributed by atoms with E-state index in [4.69, 9.17) is 16.3 Å². The van der Waals surface area contributed by atoms with E-state index in [-0.39, 0.29) is 5.92 Å². The number of alkyl halides is 2. The number of rotatable bonds is 3. The molecule has 1 aromatic heterocycles. The second-order valence-electron chi connectivity index (χ2n) is 4.81. The minimum atomic E-state index is -0.980. The highest BCUT2D eigenvalue weighted by Crippen LogP contribution is 2.45. The number of halogens is 2. The van der Waals surface area contributed by atoms with Crippen molar-refractivity contribution >= 4 is 11.6 Å². The van der Waals surface area contributed by atoms with Crippen molar-refractivity contribution in [3.8, 4) is 0 Å². The zero-order valence-electron chi connectivity index (χ0n) is 10.7. The summed E-state index contributed by atoms with van der Waals surface area (Å²) in [6.07, 6.45) is 0.997. The van der Waals surface area contributed by atoms with Crippen LogP contribution in [0.4, 0.5) is 4.39 Å². The highest BCUT2D eigenvalue weighted by molar-refractivity contribution is 6.21. The van der Waals surface area contributed by atoms with E-state index in [2.05, 4.69) is 4.98 Å². The van der Waals surface area contributed by atoms with Gasteiger partial charge in [0.25, 0.3) is 5.56 Å². The number of nitrogens with one attached hydrogen (secondary N) is 1. The number of aromatic amines is 1. The summed E-state index contributed by atoms with van der Waals surface area (Å²) < 4.78 is 20.2. The van der Waals surface area contributed by atoms with Crippen LogP contribution in [0.15, 0.2) is 21.9 Å². The van der Waals surface area contributed by atoms with Crippen molar-refractivity contribution in [1.29, 1.82) is 0 Å². The maximum Gasteiger partial charge on any atom is 0.330 e. The molecule has 1 N–H and O–H groups in total. The molecule has 19 heavy (non-hydrogen) atoms. The Morgan fingerprint density at radius 1 is 1.58 bits per heavy atom. The molecule has 1 saturated heterocycles. The number of aromatic nitrogens is 2. The second-order valence-corrected chi connectivity index (χ2v) is 5.31. The average molecular weight is 291 g/mol. The molecule has 5 nitrogen and oxygen atoms in total. The number of hydrogen-bond acceptors (Lipinski definition) is 3. The lowest BCUT2D eigenvalue weighted by molar-refractivity contribution is -0.0979. The highest BCUT2D eigenvalue weighted by Gasteiger charge is 2.52. The average Bonchev–Trinajstić information content (AvgIpc) is 2.64. The van der Waals surface area contributed by atoms with Crippen molar-refractivity contribution in [2.45, 2.75) is 37.5 Å². The first kappa shape index (κ1) is 14.3. The van der Waals surface area contributed by atoms with Crippen LogP contribution in [0.1, 0.15) is 26.5 Å². The summed E-state index contributed by atoms with van der Waals surface area (Å²) >= 11 is 6.27. The Bertz CT molecular complexity index is 567. The minimum Gasteiger partial charge on any atom is -0.347 e. The summed E-state index contributed by atoms with van der Waals surface area (Å²) in [5.41, 5.74) is -2.08. The van der Waals surface area contributed by atoms with Gasteiger partial charge in [0, 0.05) is 18.2 Å². The highest BCUT2D eigenvalue weighted by atomic mass is 35.5. The molecule has 0 aliphatic carbocycles. The van der Waals surface area contributed by atoms with Gasteiger partial charge in [0.05, 0.1) is 5.38 Å². The molecule has 1 aliphatic heterocycles. The molecule has 1 fully saturated rings. The summed E-state index contributed by atoms with van der Waals surface area (Å²) in [6.45, 7) is 2.96. The maximum absolute atomic E-state index is 13.3. The predicted molar refractivity (Wildman–Crippen MR) is 69.2 cm³/mol. The fraction of sp³-hybridized carbons (Fsp3) is 0.667. The normalized spacial score (nSPS) is 34.6. The van der Waals surface area contributed by atoms with Crippen LogP contribution in [0.2, 0.25) is 0 Å². The van der Waals surface area contributed by atoms with Gasteiger partial charge in [-0.1, -0.05) is 13.8 Å². The van der Waals surface area contributed by atoms with Crippen LogP contribution >= 0.6 is 11.6 Å². The van der Waals surface area contributed by atoms with Crippen molar-refractivity contribution in [1.82, 2.24) is 9.55 Å². The van der Waals surface area contributed by atoms with Gasteiger partial charge in [0.15, 0.2) is 6.23 Å². The summed E-state index contributed by atoms with van der Waals surface area (Å²) in [4.78, 5) is 24.9. The van der Waals surface area contributed by atoms with Gasteiger partial charge in [0.1, 0.15) is 12.3 Å². The zero-order chi connectivity index (χ0) is 14.2. The van der Waals surface area contributed by atoms with Crippen LogP contribution in [0.3, 0.4) is 0 Å². The number of hydrogen-bond donors (Lipinski definition) is 1. The third-order valence-electron chi connectivity index (χ3n) is 3.89. The Morgan fingerprint density at radius 3 is 2.74 bits per heavy atom. The molecule has 1 aromatic rings. The van der Waals surface area contributed by atoms with Crippen LogP contribution in [0.5, 0.6) is 0 Å². The van der Waals surface area contributed by atoms with Gasteiger partial charge in [-0.25, -0.2) is 9.18 Å². The minimum absolute atomic E-state index is 0.243. The molecule has 2 heterocycles. The third kappa shape index (κ3) is 2.23. The second kappa shape index (κ2) is 5.09. The first-order chi connectivity index (χ1) is 8.95. The van der Waals surface area contributed by atoms with E-state index >= 15 is 0 Å². The molecule has 2 rings (SSSR count). The van der Waals surface area contributed by atoms with Gasteiger partial charge in [-0.05, 0) is 6.42 Å². The van der Waals surface area contributed by atoms with Gasteiger partial charge in [-0.15, -0.1) is 11.6 Å². The molecular weight excluding hydrogens is 275 g/mol. The Kier molecular flexibility index (Phi) is 3.82. The monoisotopic (exact) mass is 290 g/mol. The molecule has 0 radical (unpaired) electrons. The van der Waals surface area contributed by atoms with Crippen LogP contribution in [0.25, 0.3) is 0 Å². The Balaban J connectivity index is 2.42. The summed E-state index contributed by atoms with van der Waals surface area (Å²) in [7, 11) is 0.